The number of furan rings is 1. The van der Waals surface area contributed by atoms with Crippen LogP contribution in [0, 0.1) is 0 Å². The Labute approximate surface area is 134 Å². The van der Waals surface area contributed by atoms with Crippen molar-refractivity contribution in [2.24, 2.45) is 0 Å². The first-order chi connectivity index (χ1) is 11.3. The highest BCUT2D eigenvalue weighted by atomic mass is 16.4. The molecule has 5 nitrogen and oxygen atoms in total. The van der Waals surface area contributed by atoms with Crippen LogP contribution in [-0.2, 0) is 17.6 Å². The highest BCUT2D eigenvalue weighted by Gasteiger charge is 2.08. The molecule has 23 heavy (non-hydrogen) atoms. The van der Waals surface area contributed by atoms with Gasteiger partial charge in [0.15, 0.2) is 11.7 Å². The maximum atomic E-state index is 11.8. The zero-order valence-corrected chi connectivity index (χ0v) is 12.7. The standard InChI is InChI=1S/C18H18N2O3/c21-17(19-11-10-15-7-4-12-22-15)8-9-18-20-13-16(23-18)14-5-2-1-3-6-14/h1-7,12-13H,8-11H2,(H,19,21). The second-order valence-corrected chi connectivity index (χ2v) is 5.16. The van der Waals surface area contributed by atoms with Crippen molar-refractivity contribution in [1.29, 1.82) is 0 Å². The summed E-state index contributed by atoms with van der Waals surface area (Å²) in [6.45, 7) is 0.563. The zero-order valence-electron chi connectivity index (χ0n) is 12.7. The summed E-state index contributed by atoms with van der Waals surface area (Å²) < 4.78 is 10.9. The predicted octanol–water partition coefficient (Wildman–Crippen LogP) is 3.23. The Kier molecular flexibility index (Phi) is 4.88. The van der Waals surface area contributed by atoms with Crippen molar-refractivity contribution in [2.75, 3.05) is 6.54 Å². The van der Waals surface area contributed by atoms with E-state index in [1.807, 2.05) is 42.5 Å². The van der Waals surface area contributed by atoms with Gasteiger partial charge in [-0.05, 0) is 12.1 Å². The lowest BCUT2D eigenvalue weighted by atomic mass is 10.2. The second-order valence-electron chi connectivity index (χ2n) is 5.16. The molecule has 3 aromatic rings. The molecule has 0 aliphatic rings. The Morgan fingerprint density at radius 3 is 2.74 bits per heavy atom. The fourth-order valence-electron chi connectivity index (χ4n) is 2.25. The lowest BCUT2D eigenvalue weighted by molar-refractivity contribution is -0.121. The van der Waals surface area contributed by atoms with Gasteiger partial charge >= 0.3 is 0 Å². The van der Waals surface area contributed by atoms with E-state index in [0.717, 1.165) is 17.1 Å². The van der Waals surface area contributed by atoms with Crippen LogP contribution in [-0.4, -0.2) is 17.4 Å². The zero-order chi connectivity index (χ0) is 15.9. The highest BCUT2D eigenvalue weighted by molar-refractivity contribution is 5.76. The van der Waals surface area contributed by atoms with Crippen LogP contribution in [0.1, 0.15) is 18.1 Å². The van der Waals surface area contributed by atoms with E-state index in [4.69, 9.17) is 8.83 Å². The summed E-state index contributed by atoms with van der Waals surface area (Å²) in [6.07, 6.45) is 4.85. The number of hydrogen-bond acceptors (Lipinski definition) is 4. The third-order valence-electron chi connectivity index (χ3n) is 3.45. The number of hydrogen-bond donors (Lipinski definition) is 1. The third-order valence-corrected chi connectivity index (χ3v) is 3.45. The topological polar surface area (TPSA) is 68.3 Å². The highest BCUT2D eigenvalue weighted by Crippen LogP contribution is 2.20. The van der Waals surface area contributed by atoms with E-state index < -0.39 is 0 Å². The minimum atomic E-state index is -0.0176. The molecule has 1 amide bonds. The predicted molar refractivity (Wildman–Crippen MR) is 85.7 cm³/mol. The minimum absolute atomic E-state index is 0.0176. The van der Waals surface area contributed by atoms with Gasteiger partial charge in [-0.25, -0.2) is 4.98 Å². The van der Waals surface area contributed by atoms with Gasteiger partial charge in [-0.3, -0.25) is 4.79 Å². The summed E-state index contributed by atoms with van der Waals surface area (Å²) >= 11 is 0. The number of carbonyl (C=O) groups excluding carboxylic acids is 1. The number of nitrogens with zero attached hydrogens (tertiary/aromatic N) is 1. The summed E-state index contributed by atoms with van der Waals surface area (Å²) in [6, 6.07) is 13.5. The number of oxazole rings is 1. The van der Waals surface area contributed by atoms with Crippen molar-refractivity contribution >= 4 is 5.91 Å². The molecule has 2 aromatic heterocycles. The van der Waals surface area contributed by atoms with Crippen LogP contribution >= 0.6 is 0 Å². The number of benzene rings is 1. The Morgan fingerprint density at radius 2 is 1.96 bits per heavy atom. The second kappa shape index (κ2) is 7.45. The van der Waals surface area contributed by atoms with Gasteiger partial charge in [-0.15, -0.1) is 0 Å². The van der Waals surface area contributed by atoms with Crippen molar-refractivity contribution in [3.8, 4) is 11.3 Å². The van der Waals surface area contributed by atoms with E-state index in [1.165, 1.54) is 0 Å². The molecule has 0 spiro atoms. The molecule has 0 aliphatic heterocycles. The van der Waals surface area contributed by atoms with Crippen LogP contribution in [0.15, 0.2) is 63.8 Å². The number of nitrogens with one attached hydrogen (secondary N) is 1. The van der Waals surface area contributed by atoms with Gasteiger partial charge in [0.25, 0.3) is 0 Å². The third kappa shape index (κ3) is 4.32. The van der Waals surface area contributed by atoms with Crippen molar-refractivity contribution in [3.63, 3.8) is 0 Å². The number of amides is 1. The number of aryl methyl sites for hydroxylation is 1. The molecule has 3 rings (SSSR count). The largest absolute Gasteiger partial charge is 0.469 e. The molecule has 2 heterocycles. The van der Waals surface area contributed by atoms with E-state index in [1.54, 1.807) is 12.5 Å². The quantitative estimate of drug-likeness (QED) is 0.727. The lowest BCUT2D eigenvalue weighted by Gasteiger charge is -2.02. The summed E-state index contributed by atoms with van der Waals surface area (Å²) in [5, 5.41) is 2.86. The Morgan fingerprint density at radius 1 is 1.09 bits per heavy atom. The van der Waals surface area contributed by atoms with Crippen LogP contribution in [0.4, 0.5) is 0 Å². The van der Waals surface area contributed by atoms with Gasteiger partial charge in [0.1, 0.15) is 5.76 Å². The lowest BCUT2D eigenvalue weighted by Crippen LogP contribution is -2.25. The van der Waals surface area contributed by atoms with Crippen molar-refractivity contribution in [1.82, 2.24) is 10.3 Å². The molecule has 0 bridgehead atoms. The van der Waals surface area contributed by atoms with E-state index in [0.29, 0.717) is 31.7 Å². The first kappa shape index (κ1) is 15.1. The van der Waals surface area contributed by atoms with Gasteiger partial charge in [-0.1, -0.05) is 30.3 Å². The minimum Gasteiger partial charge on any atom is -0.469 e. The van der Waals surface area contributed by atoms with Gasteiger partial charge in [-0.2, -0.15) is 0 Å². The summed E-state index contributed by atoms with van der Waals surface area (Å²) in [5.74, 6) is 2.14. The van der Waals surface area contributed by atoms with E-state index >= 15 is 0 Å². The molecule has 0 fully saturated rings. The van der Waals surface area contributed by atoms with Gasteiger partial charge in [0.05, 0.1) is 12.5 Å². The normalized spacial score (nSPS) is 10.6. The number of aromatic nitrogens is 1. The Hall–Kier alpha value is -2.82. The molecule has 0 atom stereocenters. The molecule has 118 valence electrons. The van der Waals surface area contributed by atoms with E-state index in [9.17, 15) is 4.79 Å². The molecular weight excluding hydrogens is 292 g/mol. The van der Waals surface area contributed by atoms with Crippen molar-refractivity contribution in [2.45, 2.75) is 19.3 Å². The van der Waals surface area contributed by atoms with Crippen molar-refractivity contribution < 1.29 is 13.6 Å². The molecule has 0 aliphatic carbocycles. The van der Waals surface area contributed by atoms with Crippen molar-refractivity contribution in [3.05, 3.63) is 66.6 Å². The molecule has 0 saturated heterocycles. The average molecular weight is 310 g/mol. The van der Waals surface area contributed by atoms with Crippen LogP contribution < -0.4 is 5.32 Å². The molecule has 0 saturated carbocycles. The molecule has 1 N–H and O–H groups in total. The first-order valence-corrected chi connectivity index (χ1v) is 7.60. The van der Waals surface area contributed by atoms with Crippen LogP contribution in [0.25, 0.3) is 11.3 Å². The fourth-order valence-corrected chi connectivity index (χ4v) is 2.25. The average Bonchev–Trinajstić information content (AvgIpc) is 3.25. The van der Waals surface area contributed by atoms with Crippen LogP contribution in [0.3, 0.4) is 0 Å². The molecular formula is C18H18N2O3. The molecule has 0 radical (unpaired) electrons. The van der Waals surface area contributed by atoms with Crippen LogP contribution in [0.2, 0.25) is 0 Å². The van der Waals surface area contributed by atoms with Gasteiger partial charge in [0.2, 0.25) is 5.91 Å². The van der Waals surface area contributed by atoms with E-state index in [2.05, 4.69) is 10.3 Å². The van der Waals surface area contributed by atoms with E-state index in [-0.39, 0.29) is 5.91 Å². The molecule has 0 unspecified atom stereocenters. The van der Waals surface area contributed by atoms with Gasteiger partial charge < -0.3 is 14.2 Å². The maximum absolute atomic E-state index is 11.8. The Bertz CT molecular complexity index is 733. The van der Waals surface area contributed by atoms with Crippen LogP contribution in [0.5, 0.6) is 0 Å². The summed E-state index contributed by atoms with van der Waals surface area (Å²) in [7, 11) is 0. The maximum Gasteiger partial charge on any atom is 0.220 e. The molecule has 1 aromatic carbocycles. The summed E-state index contributed by atoms with van der Waals surface area (Å²) in [4.78, 5) is 16.0. The number of carbonyl (C=O) groups is 1. The Balaban J connectivity index is 1.43. The monoisotopic (exact) mass is 310 g/mol. The van der Waals surface area contributed by atoms with Gasteiger partial charge in [0, 0.05) is 31.4 Å². The molecule has 5 heteroatoms. The SMILES string of the molecule is O=C(CCc1ncc(-c2ccccc2)o1)NCCc1ccco1. The number of rotatable bonds is 7. The fraction of sp³-hybridized carbons (Fsp3) is 0.222. The first-order valence-electron chi connectivity index (χ1n) is 7.60. The smallest absolute Gasteiger partial charge is 0.220 e. The summed E-state index contributed by atoms with van der Waals surface area (Å²) in [5.41, 5.74) is 0.981.